The van der Waals surface area contributed by atoms with Gasteiger partial charge in [0.1, 0.15) is 18.0 Å². The van der Waals surface area contributed by atoms with E-state index in [1.54, 1.807) is 13.4 Å². The van der Waals surface area contributed by atoms with Crippen LogP contribution in [0.1, 0.15) is 47.3 Å². The minimum atomic E-state index is 0.0273. The van der Waals surface area contributed by atoms with Crippen LogP contribution in [0.5, 0.6) is 5.88 Å². The van der Waals surface area contributed by atoms with Crippen LogP contribution in [-0.4, -0.2) is 34.1 Å². The highest BCUT2D eigenvalue weighted by Crippen LogP contribution is 2.40. The lowest BCUT2D eigenvalue weighted by Crippen LogP contribution is -2.36. The maximum absolute atomic E-state index is 5.51. The molecular weight excluding hydrogens is 366 g/mol. The number of nitrogens with zero attached hydrogens (tertiary/aromatic N) is 4. The molecule has 2 aliphatic rings. The summed E-state index contributed by atoms with van der Waals surface area (Å²) in [5, 5.41) is 7.63. The largest absolute Gasteiger partial charge is 0.479 e. The highest BCUT2D eigenvalue weighted by molar-refractivity contribution is 5.97. The molecule has 1 unspecified atom stereocenters. The maximum atomic E-state index is 5.51. The number of amidine groups is 1. The minimum absolute atomic E-state index is 0.0273. The molecule has 29 heavy (non-hydrogen) atoms. The fraction of sp³-hybridized carbons (Fsp3) is 0.318. The van der Waals surface area contributed by atoms with Crippen LogP contribution in [0, 0.1) is 6.92 Å². The third-order valence-corrected chi connectivity index (χ3v) is 5.36. The lowest BCUT2D eigenvalue weighted by atomic mass is 10.0. The maximum Gasteiger partial charge on any atom is 0.238 e. The van der Waals surface area contributed by atoms with Crippen molar-refractivity contribution in [2.75, 3.05) is 13.7 Å². The van der Waals surface area contributed by atoms with Crippen molar-refractivity contribution < 1.29 is 9.57 Å². The van der Waals surface area contributed by atoms with Gasteiger partial charge in [0.25, 0.3) is 0 Å². The van der Waals surface area contributed by atoms with Crippen molar-refractivity contribution in [1.82, 2.24) is 19.9 Å². The van der Waals surface area contributed by atoms with E-state index in [-0.39, 0.29) is 6.04 Å². The second-order valence-corrected chi connectivity index (χ2v) is 7.52. The molecule has 1 atom stereocenters. The van der Waals surface area contributed by atoms with Crippen LogP contribution < -0.4 is 10.1 Å². The smallest absolute Gasteiger partial charge is 0.238 e. The van der Waals surface area contributed by atoms with E-state index in [9.17, 15) is 0 Å². The van der Waals surface area contributed by atoms with Gasteiger partial charge in [-0.25, -0.2) is 9.97 Å². The molecule has 1 aromatic carbocycles. The Kier molecular flexibility index (Phi) is 4.42. The molecule has 7 nitrogen and oxygen atoms in total. The molecule has 0 amide bonds. The average Bonchev–Trinajstić information content (AvgIpc) is 3.54. The first-order chi connectivity index (χ1) is 14.2. The van der Waals surface area contributed by atoms with Crippen LogP contribution >= 0.6 is 0 Å². The second kappa shape index (κ2) is 7.24. The summed E-state index contributed by atoms with van der Waals surface area (Å²) in [6.45, 7) is 2.43. The highest BCUT2D eigenvalue weighted by atomic mass is 16.6. The molecule has 1 fully saturated rings. The predicted octanol–water partition coefficient (Wildman–Crippen LogP) is 3.48. The van der Waals surface area contributed by atoms with E-state index in [1.165, 1.54) is 24.0 Å². The summed E-state index contributed by atoms with van der Waals surface area (Å²) in [5.74, 6) is 1.85. The number of oxime groups is 1. The van der Waals surface area contributed by atoms with Crippen LogP contribution in [0.15, 0.2) is 54.1 Å². The van der Waals surface area contributed by atoms with Gasteiger partial charge in [-0.3, -0.25) is 0 Å². The van der Waals surface area contributed by atoms with Gasteiger partial charge < -0.3 is 19.5 Å². The van der Waals surface area contributed by atoms with E-state index in [0.717, 1.165) is 17.3 Å². The van der Waals surface area contributed by atoms with E-state index in [4.69, 9.17) is 9.57 Å². The predicted molar refractivity (Wildman–Crippen MR) is 109 cm³/mol. The molecule has 1 saturated carbocycles. The van der Waals surface area contributed by atoms with Gasteiger partial charge in [-0.2, -0.15) is 0 Å². The lowest BCUT2D eigenvalue weighted by molar-refractivity contribution is 0.109. The minimum Gasteiger partial charge on any atom is -0.479 e. The van der Waals surface area contributed by atoms with Crippen molar-refractivity contribution in [2.24, 2.45) is 5.16 Å². The normalized spacial score (nSPS) is 18.6. The number of rotatable bonds is 5. The molecule has 5 rings (SSSR count). The van der Waals surface area contributed by atoms with E-state index in [2.05, 4.69) is 44.7 Å². The molecule has 3 heterocycles. The van der Waals surface area contributed by atoms with Gasteiger partial charge in [0.15, 0.2) is 5.84 Å². The number of methoxy groups -OCH3 is 1. The van der Waals surface area contributed by atoms with Crippen LogP contribution in [0.25, 0.3) is 5.69 Å². The molecule has 0 saturated heterocycles. The fourth-order valence-electron chi connectivity index (χ4n) is 3.59. The Morgan fingerprint density at radius 1 is 1.10 bits per heavy atom. The zero-order valence-corrected chi connectivity index (χ0v) is 16.5. The van der Waals surface area contributed by atoms with Crippen molar-refractivity contribution >= 4 is 5.84 Å². The van der Waals surface area contributed by atoms with E-state index in [0.29, 0.717) is 24.0 Å². The second-order valence-electron chi connectivity index (χ2n) is 7.52. The van der Waals surface area contributed by atoms with Crippen LogP contribution in [-0.2, 0) is 4.84 Å². The number of hydrogen-bond acceptors (Lipinski definition) is 6. The summed E-state index contributed by atoms with van der Waals surface area (Å²) in [7, 11) is 1.61. The standard InChI is InChI=1S/C22H23N5O2/c1-14-11-27(13-23-14)20-10-9-18(25-22(20)28-2)21-24-19(12-29-26-21)17-7-5-16(6-8-17)15-3-4-15/h5-11,13,15,19H,3-4,12H2,1-2H3,(H,24,26). The molecule has 0 bridgehead atoms. The Balaban J connectivity index is 1.38. The van der Waals surface area contributed by atoms with Gasteiger partial charge in [-0.05, 0) is 48.9 Å². The molecular formula is C22H23N5O2. The molecule has 0 radical (unpaired) electrons. The summed E-state index contributed by atoms with van der Waals surface area (Å²) in [5.41, 5.74) is 5.02. The van der Waals surface area contributed by atoms with Gasteiger partial charge in [0.2, 0.25) is 5.88 Å². The van der Waals surface area contributed by atoms with Gasteiger partial charge in [-0.1, -0.05) is 29.4 Å². The zero-order valence-electron chi connectivity index (χ0n) is 16.5. The highest BCUT2D eigenvalue weighted by Gasteiger charge is 2.25. The number of aromatic nitrogens is 3. The number of benzene rings is 1. The van der Waals surface area contributed by atoms with E-state index in [1.807, 2.05) is 29.8 Å². The average molecular weight is 389 g/mol. The van der Waals surface area contributed by atoms with Crippen molar-refractivity contribution in [1.29, 1.82) is 0 Å². The fourth-order valence-corrected chi connectivity index (χ4v) is 3.59. The molecule has 7 heteroatoms. The van der Waals surface area contributed by atoms with Crippen molar-refractivity contribution in [2.45, 2.75) is 31.7 Å². The Labute approximate surface area is 169 Å². The SMILES string of the molecule is COc1nc(C2=NOCC(c3ccc(C4CC4)cc3)N2)ccc1-n1cnc(C)c1. The van der Waals surface area contributed by atoms with Gasteiger partial charge in [0, 0.05) is 6.20 Å². The van der Waals surface area contributed by atoms with Crippen LogP contribution in [0.2, 0.25) is 0 Å². The summed E-state index contributed by atoms with van der Waals surface area (Å²) in [4.78, 5) is 14.4. The summed E-state index contributed by atoms with van der Waals surface area (Å²) < 4.78 is 7.40. The molecule has 2 aromatic heterocycles. The van der Waals surface area contributed by atoms with Crippen molar-refractivity contribution in [3.63, 3.8) is 0 Å². The lowest BCUT2D eigenvalue weighted by Gasteiger charge is -2.24. The third-order valence-electron chi connectivity index (χ3n) is 5.36. The summed E-state index contributed by atoms with van der Waals surface area (Å²) in [6.07, 6.45) is 6.29. The number of imidazole rings is 1. The number of ether oxygens (including phenoxy) is 1. The zero-order chi connectivity index (χ0) is 19.8. The molecule has 3 aromatic rings. The Bertz CT molecular complexity index is 1050. The third kappa shape index (κ3) is 3.55. The van der Waals surface area contributed by atoms with Crippen molar-refractivity contribution in [3.8, 4) is 11.6 Å². The molecule has 1 N–H and O–H groups in total. The number of hydrogen-bond donors (Lipinski definition) is 1. The Hall–Kier alpha value is -3.35. The monoisotopic (exact) mass is 389 g/mol. The number of pyridine rings is 1. The number of aryl methyl sites for hydroxylation is 1. The molecule has 148 valence electrons. The van der Waals surface area contributed by atoms with Gasteiger partial charge in [0.05, 0.1) is 25.2 Å². The Morgan fingerprint density at radius 2 is 1.90 bits per heavy atom. The van der Waals surface area contributed by atoms with Crippen molar-refractivity contribution in [3.05, 3.63) is 71.4 Å². The van der Waals surface area contributed by atoms with Gasteiger partial charge in [-0.15, -0.1) is 0 Å². The van der Waals surface area contributed by atoms with Crippen LogP contribution in [0.3, 0.4) is 0 Å². The van der Waals surface area contributed by atoms with E-state index < -0.39 is 0 Å². The molecule has 0 spiro atoms. The first kappa shape index (κ1) is 17.7. The number of nitrogens with one attached hydrogen (secondary N) is 1. The topological polar surface area (TPSA) is 73.6 Å². The van der Waals surface area contributed by atoms with E-state index >= 15 is 0 Å². The van der Waals surface area contributed by atoms with Crippen LogP contribution in [0.4, 0.5) is 0 Å². The molecule has 1 aliphatic heterocycles. The first-order valence-corrected chi connectivity index (χ1v) is 9.84. The molecule has 1 aliphatic carbocycles. The summed E-state index contributed by atoms with van der Waals surface area (Å²) in [6, 6.07) is 12.7. The first-order valence-electron chi connectivity index (χ1n) is 9.84. The van der Waals surface area contributed by atoms with Gasteiger partial charge >= 0.3 is 0 Å². The summed E-state index contributed by atoms with van der Waals surface area (Å²) >= 11 is 0. The quantitative estimate of drug-likeness (QED) is 0.723. The Morgan fingerprint density at radius 3 is 2.59 bits per heavy atom.